The second-order valence-electron chi connectivity index (χ2n) is 5.40. The van der Waals surface area contributed by atoms with Gasteiger partial charge in [-0.05, 0) is 32.2 Å². The molecule has 1 fully saturated rings. The Morgan fingerprint density at radius 2 is 2.29 bits per heavy atom. The number of morpholine rings is 1. The topological polar surface area (TPSA) is 42.4 Å². The number of hydrogen-bond donors (Lipinski definition) is 0. The van der Waals surface area contributed by atoms with Crippen LogP contribution in [0.2, 0.25) is 0 Å². The highest BCUT2D eigenvalue weighted by molar-refractivity contribution is 7.17. The molecule has 2 unspecified atom stereocenters. The lowest BCUT2D eigenvalue weighted by Crippen LogP contribution is -2.50. The first-order valence-corrected chi connectivity index (χ1v) is 8.74. The summed E-state index contributed by atoms with van der Waals surface area (Å²) in [7, 11) is 0. The average Bonchev–Trinajstić information content (AvgIpc) is 3.09. The Kier molecular flexibility index (Phi) is 4.10. The standard InChI is InChI=1S/C15H18N2O2S2/c1-9-7-19-10(2)6-17(9)15(18)13-11(3)16-14(21-13)12-4-5-20-8-12/h4-5,8-10H,6-7H2,1-3H3. The summed E-state index contributed by atoms with van der Waals surface area (Å²) in [6, 6.07) is 2.15. The fourth-order valence-electron chi connectivity index (χ4n) is 2.42. The number of carbonyl (C=O) groups is 1. The average molecular weight is 322 g/mol. The van der Waals surface area contributed by atoms with Gasteiger partial charge in [-0.15, -0.1) is 11.3 Å². The van der Waals surface area contributed by atoms with Crippen molar-refractivity contribution in [1.82, 2.24) is 9.88 Å². The third kappa shape index (κ3) is 2.88. The van der Waals surface area contributed by atoms with Crippen molar-refractivity contribution >= 4 is 28.6 Å². The molecule has 2 aromatic heterocycles. The molecule has 3 rings (SSSR count). The summed E-state index contributed by atoms with van der Waals surface area (Å²) in [5, 5.41) is 5.01. The summed E-state index contributed by atoms with van der Waals surface area (Å²) in [4.78, 5) is 20.0. The number of aryl methyl sites for hydroxylation is 1. The summed E-state index contributed by atoms with van der Waals surface area (Å²) >= 11 is 3.13. The predicted octanol–water partition coefficient (Wildman–Crippen LogP) is 3.43. The van der Waals surface area contributed by atoms with E-state index in [2.05, 4.69) is 10.4 Å². The molecular weight excluding hydrogens is 304 g/mol. The zero-order valence-corrected chi connectivity index (χ0v) is 14.0. The van der Waals surface area contributed by atoms with Crippen LogP contribution < -0.4 is 0 Å². The fourth-order valence-corrected chi connectivity index (χ4v) is 4.15. The molecule has 0 aliphatic carbocycles. The molecule has 3 heterocycles. The first-order chi connectivity index (χ1) is 10.1. The van der Waals surface area contributed by atoms with E-state index < -0.39 is 0 Å². The Morgan fingerprint density at radius 1 is 1.48 bits per heavy atom. The van der Waals surface area contributed by atoms with Crippen LogP contribution in [0.5, 0.6) is 0 Å². The molecule has 0 aromatic carbocycles. The van der Waals surface area contributed by atoms with Crippen LogP contribution in [0.1, 0.15) is 29.2 Å². The lowest BCUT2D eigenvalue weighted by Gasteiger charge is -2.36. The molecule has 1 aliphatic rings. The molecule has 21 heavy (non-hydrogen) atoms. The van der Waals surface area contributed by atoms with Crippen molar-refractivity contribution < 1.29 is 9.53 Å². The van der Waals surface area contributed by atoms with E-state index in [4.69, 9.17) is 4.74 Å². The minimum atomic E-state index is 0.0779. The zero-order valence-electron chi connectivity index (χ0n) is 12.3. The van der Waals surface area contributed by atoms with Gasteiger partial charge in [0.1, 0.15) is 9.88 Å². The molecule has 0 bridgehead atoms. The second kappa shape index (κ2) is 5.87. The number of aromatic nitrogens is 1. The van der Waals surface area contributed by atoms with Crippen LogP contribution in [0.3, 0.4) is 0 Å². The van der Waals surface area contributed by atoms with Gasteiger partial charge in [0, 0.05) is 17.5 Å². The molecule has 0 saturated carbocycles. The van der Waals surface area contributed by atoms with Gasteiger partial charge in [-0.25, -0.2) is 4.98 Å². The molecule has 2 aromatic rings. The van der Waals surface area contributed by atoms with Crippen LogP contribution in [0.25, 0.3) is 10.6 Å². The predicted molar refractivity (Wildman–Crippen MR) is 86.1 cm³/mol. The molecule has 1 aliphatic heterocycles. The third-order valence-corrected chi connectivity index (χ3v) is 5.51. The molecule has 0 spiro atoms. The Labute approximate surface area is 132 Å². The number of nitrogens with zero attached hydrogens (tertiary/aromatic N) is 2. The summed E-state index contributed by atoms with van der Waals surface area (Å²) in [6.45, 7) is 7.18. The number of rotatable bonds is 2. The van der Waals surface area contributed by atoms with Crippen molar-refractivity contribution in [3.8, 4) is 10.6 Å². The van der Waals surface area contributed by atoms with Crippen molar-refractivity contribution in [2.45, 2.75) is 32.9 Å². The van der Waals surface area contributed by atoms with E-state index >= 15 is 0 Å². The summed E-state index contributed by atoms with van der Waals surface area (Å²) in [6.07, 6.45) is 0.0923. The number of amides is 1. The number of ether oxygens (including phenoxy) is 1. The minimum Gasteiger partial charge on any atom is -0.375 e. The molecule has 6 heteroatoms. The van der Waals surface area contributed by atoms with E-state index in [1.165, 1.54) is 11.3 Å². The van der Waals surface area contributed by atoms with Crippen LogP contribution in [-0.2, 0) is 4.74 Å². The second-order valence-corrected chi connectivity index (χ2v) is 7.18. The maximum absolute atomic E-state index is 12.8. The SMILES string of the molecule is Cc1nc(-c2ccsc2)sc1C(=O)N1CC(C)OCC1C. The first-order valence-electron chi connectivity index (χ1n) is 6.99. The zero-order chi connectivity index (χ0) is 15.0. The third-order valence-electron chi connectivity index (χ3n) is 3.63. The molecule has 0 N–H and O–H groups in total. The normalized spacial score (nSPS) is 22.5. The molecular formula is C15H18N2O2S2. The number of hydrogen-bond acceptors (Lipinski definition) is 5. The quantitative estimate of drug-likeness (QED) is 0.851. The Morgan fingerprint density at radius 3 is 3.00 bits per heavy atom. The van der Waals surface area contributed by atoms with Gasteiger partial charge >= 0.3 is 0 Å². The fraction of sp³-hybridized carbons (Fsp3) is 0.467. The summed E-state index contributed by atoms with van der Waals surface area (Å²) in [5.41, 5.74) is 1.91. The van der Waals surface area contributed by atoms with Gasteiger partial charge in [0.25, 0.3) is 5.91 Å². The highest BCUT2D eigenvalue weighted by Gasteiger charge is 2.30. The maximum Gasteiger partial charge on any atom is 0.266 e. The maximum atomic E-state index is 12.8. The molecule has 2 atom stereocenters. The number of thiazole rings is 1. The van der Waals surface area contributed by atoms with Gasteiger partial charge in [-0.2, -0.15) is 11.3 Å². The van der Waals surface area contributed by atoms with E-state index in [9.17, 15) is 4.79 Å². The molecule has 0 radical (unpaired) electrons. The van der Waals surface area contributed by atoms with Crippen LogP contribution >= 0.6 is 22.7 Å². The highest BCUT2D eigenvalue weighted by atomic mass is 32.1. The van der Waals surface area contributed by atoms with Crippen molar-refractivity contribution in [3.05, 3.63) is 27.4 Å². The molecule has 112 valence electrons. The van der Waals surface area contributed by atoms with Crippen LogP contribution in [0.4, 0.5) is 0 Å². The van der Waals surface area contributed by atoms with Crippen LogP contribution in [0.15, 0.2) is 16.8 Å². The minimum absolute atomic E-state index is 0.0779. The van der Waals surface area contributed by atoms with Gasteiger partial charge in [0.05, 0.1) is 24.4 Å². The van der Waals surface area contributed by atoms with Crippen molar-refractivity contribution in [3.63, 3.8) is 0 Å². The smallest absolute Gasteiger partial charge is 0.266 e. The van der Waals surface area contributed by atoms with Gasteiger partial charge < -0.3 is 9.64 Å². The molecule has 4 nitrogen and oxygen atoms in total. The van der Waals surface area contributed by atoms with Gasteiger partial charge in [-0.1, -0.05) is 0 Å². The van der Waals surface area contributed by atoms with E-state index in [0.29, 0.717) is 13.2 Å². The Bertz CT molecular complexity index is 636. The highest BCUT2D eigenvalue weighted by Crippen LogP contribution is 2.31. The van der Waals surface area contributed by atoms with Crippen LogP contribution in [-0.4, -0.2) is 41.1 Å². The lowest BCUT2D eigenvalue weighted by molar-refractivity contribution is -0.0385. The molecule has 1 saturated heterocycles. The van der Waals surface area contributed by atoms with Gasteiger partial charge in [0.15, 0.2) is 0 Å². The van der Waals surface area contributed by atoms with Crippen LogP contribution in [0, 0.1) is 6.92 Å². The first kappa shape index (κ1) is 14.7. The van der Waals surface area contributed by atoms with E-state index in [1.54, 1.807) is 11.3 Å². The number of carbonyl (C=O) groups excluding carboxylic acids is 1. The van der Waals surface area contributed by atoms with E-state index in [1.807, 2.05) is 37.1 Å². The Hall–Kier alpha value is -1.24. The van der Waals surface area contributed by atoms with E-state index in [-0.39, 0.29) is 18.1 Å². The van der Waals surface area contributed by atoms with Gasteiger partial charge in [0.2, 0.25) is 0 Å². The van der Waals surface area contributed by atoms with E-state index in [0.717, 1.165) is 21.1 Å². The lowest BCUT2D eigenvalue weighted by atomic mass is 10.2. The monoisotopic (exact) mass is 322 g/mol. The Balaban J connectivity index is 1.88. The summed E-state index contributed by atoms with van der Waals surface area (Å²) in [5.74, 6) is 0.0779. The largest absolute Gasteiger partial charge is 0.375 e. The van der Waals surface area contributed by atoms with Crippen molar-refractivity contribution in [2.24, 2.45) is 0 Å². The van der Waals surface area contributed by atoms with Crippen molar-refractivity contribution in [1.29, 1.82) is 0 Å². The van der Waals surface area contributed by atoms with Crippen molar-refractivity contribution in [2.75, 3.05) is 13.2 Å². The van der Waals surface area contributed by atoms with Gasteiger partial charge in [-0.3, -0.25) is 4.79 Å². The summed E-state index contributed by atoms with van der Waals surface area (Å²) < 4.78 is 5.60. The molecule has 1 amide bonds. The number of thiophene rings is 1.